The van der Waals surface area contributed by atoms with Gasteiger partial charge >= 0.3 is 0 Å². The van der Waals surface area contributed by atoms with Gasteiger partial charge in [0.25, 0.3) is 0 Å². The quantitative estimate of drug-likeness (QED) is 0.567. The van der Waals surface area contributed by atoms with E-state index in [1.807, 2.05) is 0 Å². The number of nitrogens with zero attached hydrogens (tertiary/aromatic N) is 2. The maximum atomic E-state index is 9.82. The minimum Gasteiger partial charge on any atom is -0.380 e. The zero-order chi connectivity index (χ0) is 9.47. The van der Waals surface area contributed by atoms with Crippen molar-refractivity contribution in [2.45, 2.75) is 5.60 Å². The molecule has 0 saturated carbocycles. The van der Waals surface area contributed by atoms with E-state index in [9.17, 15) is 5.11 Å². The highest BCUT2D eigenvalue weighted by Crippen LogP contribution is 2.32. The molecule has 1 N–H and O–H groups in total. The summed E-state index contributed by atoms with van der Waals surface area (Å²) in [7, 11) is 0. The minimum absolute atomic E-state index is 0.0672. The summed E-state index contributed by atoms with van der Waals surface area (Å²) in [6.07, 6.45) is 1.42. The Bertz CT molecular complexity index is 341. The third kappa shape index (κ3) is 1.50. The number of ether oxygens (including phenoxy) is 1. The van der Waals surface area contributed by atoms with Gasteiger partial charge in [-0.2, -0.15) is 0 Å². The fraction of sp³-hybridized carbons (Fsp3) is 0.429. The van der Waals surface area contributed by atoms with Gasteiger partial charge in [-0.3, -0.25) is 0 Å². The molecule has 0 bridgehead atoms. The molecule has 0 spiro atoms. The van der Waals surface area contributed by atoms with E-state index in [-0.39, 0.29) is 23.7 Å². The second-order valence-corrected chi connectivity index (χ2v) is 3.56. The van der Waals surface area contributed by atoms with E-state index in [1.54, 1.807) is 0 Å². The number of aromatic nitrogens is 2. The smallest absolute Gasteiger partial charge is 0.223 e. The summed E-state index contributed by atoms with van der Waals surface area (Å²) >= 11 is 11.3. The van der Waals surface area contributed by atoms with Crippen molar-refractivity contribution in [1.82, 2.24) is 9.97 Å². The third-order valence-corrected chi connectivity index (χ3v) is 2.37. The van der Waals surface area contributed by atoms with Gasteiger partial charge in [-0.15, -0.1) is 0 Å². The van der Waals surface area contributed by atoms with Crippen molar-refractivity contribution < 1.29 is 9.84 Å². The fourth-order valence-corrected chi connectivity index (χ4v) is 1.59. The van der Waals surface area contributed by atoms with Gasteiger partial charge in [-0.05, 0) is 11.6 Å². The molecule has 1 aromatic rings. The van der Waals surface area contributed by atoms with Crippen molar-refractivity contribution in [3.05, 3.63) is 22.2 Å². The lowest BCUT2D eigenvalue weighted by Crippen LogP contribution is -2.46. The average Bonchev–Trinajstić information content (AvgIpc) is 2.00. The van der Waals surface area contributed by atoms with Gasteiger partial charge in [0.15, 0.2) is 0 Å². The largest absolute Gasteiger partial charge is 0.380 e. The Labute approximate surface area is 84.5 Å². The van der Waals surface area contributed by atoms with Crippen LogP contribution in [-0.2, 0) is 10.3 Å². The van der Waals surface area contributed by atoms with Gasteiger partial charge in [-0.25, -0.2) is 9.97 Å². The van der Waals surface area contributed by atoms with Crippen LogP contribution in [0.15, 0.2) is 6.20 Å². The van der Waals surface area contributed by atoms with Crippen LogP contribution < -0.4 is 0 Å². The van der Waals surface area contributed by atoms with E-state index in [1.165, 1.54) is 6.20 Å². The topological polar surface area (TPSA) is 55.2 Å². The fourth-order valence-electron chi connectivity index (χ4n) is 1.10. The van der Waals surface area contributed by atoms with Crippen LogP contribution in [0.3, 0.4) is 0 Å². The molecule has 1 aliphatic rings. The Balaban J connectivity index is 2.40. The number of hydrogen-bond donors (Lipinski definition) is 1. The number of rotatable bonds is 1. The predicted molar refractivity (Wildman–Crippen MR) is 46.8 cm³/mol. The molecule has 0 amide bonds. The molecule has 0 aliphatic carbocycles. The Morgan fingerprint density at radius 3 is 2.62 bits per heavy atom. The van der Waals surface area contributed by atoms with Crippen LogP contribution in [0.5, 0.6) is 0 Å². The first-order valence-electron chi connectivity index (χ1n) is 3.60. The number of halogens is 2. The van der Waals surface area contributed by atoms with Gasteiger partial charge in [0.05, 0.1) is 13.2 Å². The first-order valence-corrected chi connectivity index (χ1v) is 4.36. The maximum absolute atomic E-state index is 9.82. The number of hydrogen-bond acceptors (Lipinski definition) is 4. The van der Waals surface area contributed by atoms with E-state index in [2.05, 4.69) is 9.97 Å². The molecule has 1 aromatic heterocycles. The molecule has 0 atom stereocenters. The van der Waals surface area contributed by atoms with Crippen molar-refractivity contribution in [2.75, 3.05) is 13.2 Å². The van der Waals surface area contributed by atoms with Gasteiger partial charge < -0.3 is 9.84 Å². The van der Waals surface area contributed by atoms with Crippen molar-refractivity contribution in [3.8, 4) is 0 Å². The molecule has 0 aromatic carbocycles. The lowest BCUT2D eigenvalue weighted by atomic mass is 9.95. The second-order valence-electron chi connectivity index (χ2n) is 2.87. The molecule has 1 fully saturated rings. The third-order valence-electron chi connectivity index (χ3n) is 1.90. The van der Waals surface area contributed by atoms with Crippen LogP contribution in [0.4, 0.5) is 0 Å². The molecule has 70 valence electrons. The zero-order valence-electron chi connectivity index (χ0n) is 6.50. The summed E-state index contributed by atoms with van der Waals surface area (Å²) in [5.41, 5.74) is -0.577. The van der Waals surface area contributed by atoms with E-state index < -0.39 is 5.60 Å². The highest BCUT2D eigenvalue weighted by molar-refractivity contribution is 6.32. The highest BCUT2D eigenvalue weighted by atomic mass is 35.5. The molecule has 0 radical (unpaired) electrons. The highest BCUT2D eigenvalue weighted by Gasteiger charge is 2.40. The van der Waals surface area contributed by atoms with E-state index in [0.29, 0.717) is 5.56 Å². The zero-order valence-corrected chi connectivity index (χ0v) is 8.01. The minimum atomic E-state index is -1.04. The molecule has 2 heterocycles. The summed E-state index contributed by atoms with van der Waals surface area (Å²) < 4.78 is 4.88. The standard InChI is InChI=1S/C7H6Cl2N2O2/c8-5-4(1-10-6(9)11-5)7(12)2-13-3-7/h1,12H,2-3H2. The first kappa shape index (κ1) is 9.15. The molecule has 1 aliphatic heterocycles. The van der Waals surface area contributed by atoms with Crippen LogP contribution in [0, 0.1) is 0 Å². The summed E-state index contributed by atoms with van der Waals surface area (Å²) in [5, 5.41) is 10.1. The van der Waals surface area contributed by atoms with Crippen LogP contribution in [0.2, 0.25) is 10.4 Å². The maximum Gasteiger partial charge on any atom is 0.223 e. The Morgan fingerprint density at radius 1 is 1.46 bits per heavy atom. The van der Waals surface area contributed by atoms with E-state index in [4.69, 9.17) is 27.9 Å². The number of aliphatic hydroxyl groups is 1. The first-order chi connectivity index (χ1) is 6.12. The normalized spacial score (nSPS) is 19.6. The summed E-state index contributed by atoms with van der Waals surface area (Å²) in [4.78, 5) is 7.47. The Kier molecular flexibility index (Phi) is 2.15. The van der Waals surface area contributed by atoms with Crippen molar-refractivity contribution in [3.63, 3.8) is 0 Å². The van der Waals surface area contributed by atoms with Crippen LogP contribution in [0.25, 0.3) is 0 Å². The molecule has 4 nitrogen and oxygen atoms in total. The molecule has 6 heteroatoms. The lowest BCUT2D eigenvalue weighted by Gasteiger charge is -2.36. The van der Waals surface area contributed by atoms with Gasteiger partial charge in [0.1, 0.15) is 10.8 Å². The van der Waals surface area contributed by atoms with Crippen molar-refractivity contribution >= 4 is 23.2 Å². The Hall–Kier alpha value is -0.420. The van der Waals surface area contributed by atoms with Crippen LogP contribution in [0.1, 0.15) is 5.56 Å². The van der Waals surface area contributed by atoms with Crippen molar-refractivity contribution in [1.29, 1.82) is 0 Å². The van der Waals surface area contributed by atoms with Gasteiger partial charge in [0, 0.05) is 11.8 Å². The van der Waals surface area contributed by atoms with Crippen molar-refractivity contribution in [2.24, 2.45) is 0 Å². The SMILES string of the molecule is OC1(c2cnc(Cl)nc2Cl)COC1. The monoisotopic (exact) mass is 220 g/mol. The van der Waals surface area contributed by atoms with Crippen LogP contribution >= 0.6 is 23.2 Å². The molecule has 13 heavy (non-hydrogen) atoms. The van der Waals surface area contributed by atoms with Gasteiger partial charge in [0.2, 0.25) is 5.28 Å². The van der Waals surface area contributed by atoms with E-state index >= 15 is 0 Å². The molecular formula is C7H6Cl2N2O2. The second kappa shape index (κ2) is 3.06. The van der Waals surface area contributed by atoms with Gasteiger partial charge in [-0.1, -0.05) is 11.6 Å². The molecular weight excluding hydrogens is 215 g/mol. The average molecular weight is 221 g/mol. The Morgan fingerprint density at radius 2 is 2.15 bits per heavy atom. The summed E-state index contributed by atoms with van der Waals surface area (Å²) in [6, 6.07) is 0. The summed E-state index contributed by atoms with van der Waals surface area (Å²) in [5.74, 6) is 0. The predicted octanol–water partition coefficient (Wildman–Crippen LogP) is 1.00. The molecule has 0 unspecified atom stereocenters. The molecule has 2 rings (SSSR count). The lowest BCUT2D eigenvalue weighted by molar-refractivity contribution is -0.184. The summed E-state index contributed by atoms with van der Waals surface area (Å²) in [6.45, 7) is 0.440. The van der Waals surface area contributed by atoms with E-state index in [0.717, 1.165) is 0 Å². The van der Waals surface area contributed by atoms with Crippen LogP contribution in [-0.4, -0.2) is 28.3 Å². The molecule has 1 saturated heterocycles.